The van der Waals surface area contributed by atoms with Gasteiger partial charge >= 0.3 is 0 Å². The largest absolute Gasteiger partial charge is 0.348 e. The third-order valence-electron chi connectivity index (χ3n) is 4.38. The van der Waals surface area contributed by atoms with Crippen molar-refractivity contribution in [2.24, 2.45) is 0 Å². The minimum absolute atomic E-state index is 0.213. The van der Waals surface area contributed by atoms with Crippen molar-refractivity contribution in [1.29, 1.82) is 0 Å². The minimum Gasteiger partial charge on any atom is -0.348 e. The van der Waals surface area contributed by atoms with E-state index >= 15 is 0 Å². The normalized spacial score (nSPS) is 20.2. The molecule has 4 heteroatoms. The Hall–Kier alpha value is -2.62. The Morgan fingerprint density at radius 3 is 2.64 bits per heavy atom. The fourth-order valence-corrected chi connectivity index (χ4v) is 3.24. The Kier molecular flexibility index (Phi) is 3.15. The lowest BCUT2D eigenvalue weighted by molar-refractivity contribution is 0.429. The third-order valence-corrected chi connectivity index (χ3v) is 4.38. The average molecular weight is 290 g/mol. The molecule has 3 aromatic rings. The topological polar surface area (TPSA) is 42.7 Å². The van der Waals surface area contributed by atoms with Crippen LogP contribution in [0.25, 0.3) is 0 Å². The summed E-state index contributed by atoms with van der Waals surface area (Å²) in [6, 6.07) is 19.5. The van der Waals surface area contributed by atoms with Gasteiger partial charge in [0, 0.05) is 0 Å². The number of aryl methyl sites for hydroxylation is 1. The van der Waals surface area contributed by atoms with Crippen molar-refractivity contribution in [1.82, 2.24) is 14.8 Å². The van der Waals surface area contributed by atoms with Crippen molar-refractivity contribution >= 4 is 5.95 Å². The first kappa shape index (κ1) is 13.1. The lowest BCUT2D eigenvalue weighted by Gasteiger charge is -2.32. The third kappa shape index (κ3) is 2.17. The van der Waals surface area contributed by atoms with Crippen molar-refractivity contribution in [3.05, 3.63) is 77.6 Å². The number of anilines is 1. The molecule has 2 heterocycles. The van der Waals surface area contributed by atoms with Crippen molar-refractivity contribution in [2.45, 2.75) is 25.4 Å². The standard InChI is InChI=1S/C18H18N4/c1-13-7-5-6-10-15(13)17-11-16(14-8-3-2-4-9-14)21-18-19-12-20-22(17)18/h2-10,12,16-17H,11H2,1H3,(H,19,20,21)/t16-,17+/m1/s1. The Morgan fingerprint density at radius 2 is 1.82 bits per heavy atom. The fourth-order valence-electron chi connectivity index (χ4n) is 3.24. The molecule has 0 saturated heterocycles. The maximum atomic E-state index is 4.43. The van der Waals surface area contributed by atoms with Crippen LogP contribution < -0.4 is 5.32 Å². The lowest BCUT2D eigenvalue weighted by Crippen LogP contribution is -2.28. The molecule has 2 aromatic carbocycles. The maximum Gasteiger partial charge on any atom is 0.222 e. The molecule has 1 aliphatic rings. The minimum atomic E-state index is 0.213. The molecule has 0 aliphatic carbocycles. The van der Waals surface area contributed by atoms with E-state index in [0.717, 1.165) is 12.4 Å². The quantitative estimate of drug-likeness (QED) is 0.782. The Balaban J connectivity index is 1.77. The molecule has 0 radical (unpaired) electrons. The molecular weight excluding hydrogens is 272 g/mol. The van der Waals surface area contributed by atoms with Gasteiger partial charge in [0.05, 0.1) is 12.1 Å². The molecular formula is C18H18N4. The maximum absolute atomic E-state index is 4.43. The second-order valence-electron chi connectivity index (χ2n) is 5.74. The van der Waals surface area contributed by atoms with Gasteiger partial charge in [-0.1, -0.05) is 54.6 Å². The molecule has 0 unspecified atom stereocenters. The van der Waals surface area contributed by atoms with Gasteiger partial charge in [-0.05, 0) is 30.0 Å². The average Bonchev–Trinajstić information content (AvgIpc) is 3.04. The molecule has 0 fully saturated rings. The zero-order chi connectivity index (χ0) is 14.9. The molecule has 1 aliphatic heterocycles. The zero-order valence-electron chi connectivity index (χ0n) is 12.5. The van der Waals surface area contributed by atoms with Crippen LogP contribution in [0.3, 0.4) is 0 Å². The van der Waals surface area contributed by atoms with E-state index in [2.05, 4.69) is 70.9 Å². The van der Waals surface area contributed by atoms with Crippen molar-refractivity contribution in [3.63, 3.8) is 0 Å². The SMILES string of the molecule is Cc1ccccc1[C@@H]1C[C@H](c2ccccc2)Nc2ncnn21. The van der Waals surface area contributed by atoms with E-state index in [-0.39, 0.29) is 12.1 Å². The van der Waals surface area contributed by atoms with Crippen LogP contribution in [0.1, 0.15) is 35.2 Å². The van der Waals surface area contributed by atoms with Crippen LogP contribution in [-0.4, -0.2) is 14.8 Å². The van der Waals surface area contributed by atoms with Crippen LogP contribution in [0, 0.1) is 6.92 Å². The Labute approximate surface area is 129 Å². The van der Waals surface area contributed by atoms with E-state index in [1.54, 1.807) is 6.33 Å². The molecule has 2 atom stereocenters. The summed E-state index contributed by atoms with van der Waals surface area (Å²) in [6.07, 6.45) is 2.59. The van der Waals surface area contributed by atoms with Crippen molar-refractivity contribution < 1.29 is 0 Å². The highest BCUT2D eigenvalue weighted by atomic mass is 15.4. The van der Waals surface area contributed by atoms with Crippen LogP contribution in [0.15, 0.2) is 60.9 Å². The molecule has 1 aromatic heterocycles. The molecule has 110 valence electrons. The number of benzene rings is 2. The smallest absolute Gasteiger partial charge is 0.222 e. The van der Waals surface area contributed by atoms with Gasteiger partial charge in [0.2, 0.25) is 5.95 Å². The molecule has 1 N–H and O–H groups in total. The van der Waals surface area contributed by atoms with E-state index in [9.17, 15) is 0 Å². The predicted molar refractivity (Wildman–Crippen MR) is 86.8 cm³/mol. The second-order valence-corrected chi connectivity index (χ2v) is 5.74. The molecule has 4 nitrogen and oxygen atoms in total. The number of aromatic nitrogens is 3. The first-order valence-corrected chi connectivity index (χ1v) is 7.59. The highest BCUT2D eigenvalue weighted by molar-refractivity contribution is 5.39. The first-order valence-electron chi connectivity index (χ1n) is 7.59. The number of hydrogen-bond donors (Lipinski definition) is 1. The van der Waals surface area contributed by atoms with E-state index < -0.39 is 0 Å². The molecule has 0 bridgehead atoms. The summed E-state index contributed by atoms with van der Waals surface area (Å²) in [7, 11) is 0. The van der Waals surface area contributed by atoms with Gasteiger partial charge in [-0.25, -0.2) is 4.68 Å². The number of nitrogens with zero attached hydrogens (tertiary/aromatic N) is 3. The first-order chi connectivity index (χ1) is 10.8. The highest BCUT2D eigenvalue weighted by Gasteiger charge is 2.30. The molecule has 4 rings (SSSR count). The van der Waals surface area contributed by atoms with Crippen LogP contribution >= 0.6 is 0 Å². The highest BCUT2D eigenvalue weighted by Crippen LogP contribution is 2.38. The summed E-state index contributed by atoms with van der Waals surface area (Å²) in [4.78, 5) is 4.38. The predicted octanol–water partition coefficient (Wildman–Crippen LogP) is 3.73. The van der Waals surface area contributed by atoms with Gasteiger partial charge in [0.25, 0.3) is 0 Å². The summed E-state index contributed by atoms with van der Waals surface area (Å²) in [5.74, 6) is 0.841. The van der Waals surface area contributed by atoms with Crippen LogP contribution in [0.2, 0.25) is 0 Å². The van der Waals surface area contributed by atoms with Gasteiger partial charge in [-0.15, -0.1) is 0 Å². The summed E-state index contributed by atoms with van der Waals surface area (Å²) in [5, 5.41) is 7.93. The zero-order valence-corrected chi connectivity index (χ0v) is 12.5. The van der Waals surface area contributed by atoms with Crippen LogP contribution in [0.4, 0.5) is 5.95 Å². The van der Waals surface area contributed by atoms with E-state index in [4.69, 9.17) is 0 Å². The van der Waals surface area contributed by atoms with Crippen LogP contribution in [0.5, 0.6) is 0 Å². The molecule has 0 spiro atoms. The molecule has 0 amide bonds. The number of rotatable bonds is 2. The summed E-state index contributed by atoms with van der Waals surface area (Å²) < 4.78 is 2.00. The summed E-state index contributed by atoms with van der Waals surface area (Å²) >= 11 is 0. The summed E-state index contributed by atoms with van der Waals surface area (Å²) in [5.41, 5.74) is 3.90. The number of nitrogens with one attached hydrogen (secondary N) is 1. The monoisotopic (exact) mass is 290 g/mol. The molecule has 0 saturated carbocycles. The van der Waals surface area contributed by atoms with E-state index in [1.165, 1.54) is 16.7 Å². The van der Waals surface area contributed by atoms with Gasteiger partial charge in [0.15, 0.2) is 0 Å². The second kappa shape index (κ2) is 5.30. The van der Waals surface area contributed by atoms with E-state index in [0.29, 0.717) is 0 Å². The van der Waals surface area contributed by atoms with Gasteiger partial charge in [-0.3, -0.25) is 0 Å². The fraction of sp³-hybridized carbons (Fsp3) is 0.222. The van der Waals surface area contributed by atoms with Gasteiger partial charge < -0.3 is 5.32 Å². The Bertz CT molecular complexity index is 779. The van der Waals surface area contributed by atoms with Crippen molar-refractivity contribution in [2.75, 3.05) is 5.32 Å². The Morgan fingerprint density at radius 1 is 1.05 bits per heavy atom. The van der Waals surface area contributed by atoms with Crippen LogP contribution in [-0.2, 0) is 0 Å². The lowest BCUT2D eigenvalue weighted by atomic mass is 9.91. The number of hydrogen-bond acceptors (Lipinski definition) is 3. The summed E-state index contributed by atoms with van der Waals surface area (Å²) in [6.45, 7) is 2.16. The van der Waals surface area contributed by atoms with Gasteiger partial charge in [-0.2, -0.15) is 10.1 Å². The molecule has 22 heavy (non-hydrogen) atoms. The number of fused-ring (bicyclic) bond motifs is 1. The van der Waals surface area contributed by atoms with Gasteiger partial charge in [0.1, 0.15) is 6.33 Å². The van der Waals surface area contributed by atoms with Crippen molar-refractivity contribution in [3.8, 4) is 0 Å². The van der Waals surface area contributed by atoms with E-state index in [1.807, 2.05) is 10.7 Å².